The second-order valence-corrected chi connectivity index (χ2v) is 6.61. The van der Waals surface area contributed by atoms with Gasteiger partial charge in [0.2, 0.25) is 0 Å². The lowest BCUT2D eigenvalue weighted by molar-refractivity contribution is -0.274. The summed E-state index contributed by atoms with van der Waals surface area (Å²) in [5.74, 6) is 0.479. The van der Waals surface area contributed by atoms with Crippen LogP contribution in [0, 0.1) is 12.8 Å². The average Bonchev–Trinajstić information content (AvgIpc) is 2.53. The first kappa shape index (κ1) is 16.9. The van der Waals surface area contributed by atoms with Crippen molar-refractivity contribution in [2.75, 3.05) is 0 Å². The van der Waals surface area contributed by atoms with Gasteiger partial charge in [0.25, 0.3) is 0 Å². The molecular formula is C20H21F3O. The minimum atomic E-state index is -4.63. The smallest absolute Gasteiger partial charge is 0.406 e. The van der Waals surface area contributed by atoms with E-state index < -0.39 is 6.36 Å². The zero-order chi connectivity index (χ0) is 17.2. The summed E-state index contributed by atoms with van der Waals surface area (Å²) in [6, 6.07) is 13.4. The fourth-order valence-electron chi connectivity index (χ4n) is 3.38. The van der Waals surface area contributed by atoms with Crippen LogP contribution >= 0.6 is 0 Å². The number of alkyl halides is 3. The van der Waals surface area contributed by atoms with E-state index >= 15 is 0 Å². The lowest BCUT2D eigenvalue weighted by atomic mass is 9.81. The lowest BCUT2D eigenvalue weighted by Gasteiger charge is -2.25. The van der Waals surface area contributed by atoms with Gasteiger partial charge in [-0.25, -0.2) is 0 Å². The van der Waals surface area contributed by atoms with Crippen LogP contribution < -0.4 is 4.74 Å². The minimum absolute atomic E-state index is 0.112. The van der Waals surface area contributed by atoms with Gasteiger partial charge >= 0.3 is 6.36 Å². The minimum Gasteiger partial charge on any atom is -0.406 e. The molecule has 1 aliphatic rings. The SMILES string of the molecule is Cc1ccc(CCC2CCc3cc(OC(F)(F)F)ccc3C2)cc1. The van der Waals surface area contributed by atoms with Gasteiger partial charge < -0.3 is 4.74 Å². The summed E-state index contributed by atoms with van der Waals surface area (Å²) in [5, 5.41) is 0. The number of fused-ring (bicyclic) bond motifs is 1. The van der Waals surface area contributed by atoms with Crippen molar-refractivity contribution < 1.29 is 17.9 Å². The number of halogens is 3. The molecule has 0 aliphatic heterocycles. The second-order valence-electron chi connectivity index (χ2n) is 6.61. The van der Waals surface area contributed by atoms with Crippen LogP contribution in [0.15, 0.2) is 42.5 Å². The second kappa shape index (κ2) is 6.88. The molecule has 0 bridgehead atoms. The van der Waals surface area contributed by atoms with Crippen LogP contribution in [-0.4, -0.2) is 6.36 Å². The summed E-state index contributed by atoms with van der Waals surface area (Å²) >= 11 is 0. The van der Waals surface area contributed by atoms with Crippen molar-refractivity contribution in [1.29, 1.82) is 0 Å². The monoisotopic (exact) mass is 334 g/mol. The van der Waals surface area contributed by atoms with Crippen molar-refractivity contribution in [2.45, 2.75) is 45.4 Å². The molecule has 1 aliphatic carbocycles. The van der Waals surface area contributed by atoms with Crippen molar-refractivity contribution in [1.82, 2.24) is 0 Å². The van der Waals surface area contributed by atoms with Crippen LogP contribution in [0.5, 0.6) is 5.75 Å². The zero-order valence-corrected chi connectivity index (χ0v) is 13.7. The van der Waals surface area contributed by atoms with Crippen LogP contribution in [0.1, 0.15) is 35.1 Å². The molecule has 0 fully saturated rings. The lowest BCUT2D eigenvalue weighted by Crippen LogP contribution is -2.18. The van der Waals surface area contributed by atoms with Crippen LogP contribution in [0.4, 0.5) is 13.2 Å². The number of benzene rings is 2. The van der Waals surface area contributed by atoms with Crippen LogP contribution in [0.2, 0.25) is 0 Å². The fourth-order valence-corrected chi connectivity index (χ4v) is 3.38. The third-order valence-corrected chi connectivity index (χ3v) is 4.70. The largest absolute Gasteiger partial charge is 0.573 e. The van der Waals surface area contributed by atoms with Crippen molar-refractivity contribution in [3.05, 3.63) is 64.7 Å². The summed E-state index contributed by atoms with van der Waals surface area (Å²) < 4.78 is 40.9. The van der Waals surface area contributed by atoms with Gasteiger partial charge in [-0.2, -0.15) is 0 Å². The predicted octanol–water partition coefficient (Wildman–Crippen LogP) is 5.63. The Kier molecular flexibility index (Phi) is 4.83. The molecule has 0 N–H and O–H groups in total. The molecule has 2 aromatic carbocycles. The van der Waals surface area contributed by atoms with E-state index in [1.165, 1.54) is 17.2 Å². The van der Waals surface area contributed by atoms with E-state index in [4.69, 9.17) is 0 Å². The Hall–Kier alpha value is -1.97. The van der Waals surface area contributed by atoms with Gasteiger partial charge in [-0.1, -0.05) is 35.9 Å². The number of ether oxygens (including phenoxy) is 1. The molecule has 128 valence electrons. The molecule has 24 heavy (non-hydrogen) atoms. The Balaban J connectivity index is 1.59. The molecule has 0 amide bonds. The average molecular weight is 334 g/mol. The molecule has 0 aromatic heterocycles. The highest BCUT2D eigenvalue weighted by Gasteiger charge is 2.31. The first-order valence-electron chi connectivity index (χ1n) is 8.32. The highest BCUT2D eigenvalue weighted by molar-refractivity contribution is 5.37. The Labute approximate surface area is 140 Å². The molecule has 0 saturated heterocycles. The van der Waals surface area contributed by atoms with Crippen molar-refractivity contribution in [3.63, 3.8) is 0 Å². The first-order valence-corrected chi connectivity index (χ1v) is 8.32. The first-order chi connectivity index (χ1) is 11.4. The normalized spacial score (nSPS) is 17.4. The van der Waals surface area contributed by atoms with Gasteiger partial charge in [0, 0.05) is 0 Å². The van der Waals surface area contributed by atoms with Crippen molar-refractivity contribution in [2.24, 2.45) is 5.92 Å². The molecule has 1 atom stereocenters. The Morgan fingerprint density at radius 1 is 1.04 bits per heavy atom. The number of hydrogen-bond donors (Lipinski definition) is 0. The van der Waals surface area contributed by atoms with E-state index in [-0.39, 0.29) is 5.75 Å². The fraction of sp³-hybridized carbons (Fsp3) is 0.400. The predicted molar refractivity (Wildman–Crippen MR) is 88.1 cm³/mol. The van der Waals surface area contributed by atoms with Gasteiger partial charge in [0.05, 0.1) is 0 Å². The van der Waals surface area contributed by atoms with Gasteiger partial charge in [0.1, 0.15) is 5.75 Å². The Morgan fingerprint density at radius 2 is 1.79 bits per heavy atom. The summed E-state index contributed by atoms with van der Waals surface area (Å²) in [6.07, 6.45) is 0.323. The van der Waals surface area contributed by atoms with Gasteiger partial charge in [-0.05, 0) is 73.8 Å². The number of hydrogen-bond acceptors (Lipinski definition) is 1. The molecular weight excluding hydrogens is 313 g/mol. The topological polar surface area (TPSA) is 9.23 Å². The maximum atomic E-state index is 12.3. The van der Waals surface area contributed by atoms with E-state index in [9.17, 15) is 13.2 Å². The van der Waals surface area contributed by atoms with Crippen LogP contribution in [0.25, 0.3) is 0 Å². The summed E-state index contributed by atoms with van der Waals surface area (Å²) in [6.45, 7) is 2.08. The molecule has 1 unspecified atom stereocenters. The highest BCUT2D eigenvalue weighted by Crippen LogP contribution is 2.32. The van der Waals surface area contributed by atoms with E-state index in [0.29, 0.717) is 5.92 Å². The Morgan fingerprint density at radius 3 is 2.50 bits per heavy atom. The van der Waals surface area contributed by atoms with E-state index in [1.807, 2.05) is 0 Å². The maximum absolute atomic E-state index is 12.3. The highest BCUT2D eigenvalue weighted by atomic mass is 19.4. The van der Waals surface area contributed by atoms with E-state index in [2.05, 4.69) is 35.9 Å². The number of rotatable bonds is 4. The zero-order valence-electron chi connectivity index (χ0n) is 13.7. The van der Waals surface area contributed by atoms with Gasteiger partial charge in [-0.15, -0.1) is 13.2 Å². The summed E-state index contributed by atoms with van der Waals surface area (Å²) in [7, 11) is 0. The van der Waals surface area contributed by atoms with Gasteiger partial charge in [-0.3, -0.25) is 0 Å². The standard InChI is InChI=1S/C20H21F3O/c1-14-2-4-15(5-3-14)6-7-16-8-9-18-13-19(24-20(21,22)23)11-10-17(18)12-16/h2-5,10-11,13,16H,6-9,12H2,1H3. The molecule has 2 aromatic rings. The summed E-state index contributed by atoms with van der Waals surface area (Å²) in [5.41, 5.74) is 4.76. The quantitative estimate of drug-likeness (QED) is 0.704. The third kappa shape index (κ3) is 4.53. The van der Waals surface area contributed by atoms with Gasteiger partial charge in [0.15, 0.2) is 0 Å². The molecule has 0 saturated carbocycles. The van der Waals surface area contributed by atoms with E-state index in [0.717, 1.165) is 43.2 Å². The molecule has 3 rings (SSSR count). The number of aryl methyl sites for hydroxylation is 3. The van der Waals surface area contributed by atoms with Crippen LogP contribution in [-0.2, 0) is 19.3 Å². The van der Waals surface area contributed by atoms with Crippen molar-refractivity contribution in [3.8, 4) is 5.75 Å². The molecule has 0 spiro atoms. The molecule has 1 nitrogen and oxygen atoms in total. The molecule has 0 radical (unpaired) electrons. The Bertz CT molecular complexity index is 689. The maximum Gasteiger partial charge on any atom is 0.573 e. The molecule has 0 heterocycles. The summed E-state index contributed by atoms with van der Waals surface area (Å²) in [4.78, 5) is 0. The van der Waals surface area contributed by atoms with E-state index in [1.54, 1.807) is 12.1 Å². The van der Waals surface area contributed by atoms with Crippen LogP contribution in [0.3, 0.4) is 0 Å². The molecule has 4 heteroatoms. The van der Waals surface area contributed by atoms with Crippen molar-refractivity contribution >= 4 is 0 Å². The third-order valence-electron chi connectivity index (χ3n) is 4.70.